The van der Waals surface area contributed by atoms with E-state index >= 15 is 0 Å². The quantitative estimate of drug-likeness (QED) is 0.567. The van der Waals surface area contributed by atoms with E-state index < -0.39 is 0 Å². The molecule has 6 nitrogen and oxygen atoms in total. The smallest absolute Gasteiger partial charge is 0.226 e. The predicted octanol–water partition coefficient (Wildman–Crippen LogP) is 4.27. The minimum absolute atomic E-state index is 0.00632. The number of fused-ring (bicyclic) bond motifs is 2. The van der Waals surface area contributed by atoms with Gasteiger partial charge in [-0.05, 0) is 30.7 Å². The normalized spacial score (nSPS) is 16.1. The van der Waals surface area contributed by atoms with E-state index in [-0.39, 0.29) is 11.8 Å². The third-order valence-electron chi connectivity index (χ3n) is 5.07. The Morgan fingerprint density at radius 3 is 2.82 bits per heavy atom. The molecule has 0 saturated carbocycles. The maximum absolute atomic E-state index is 12.5. The number of hydrogen-bond acceptors (Lipinski definition) is 5. The highest BCUT2D eigenvalue weighted by Gasteiger charge is 2.33. The van der Waals surface area contributed by atoms with Gasteiger partial charge in [-0.3, -0.25) is 4.79 Å². The van der Waals surface area contributed by atoms with E-state index in [1.807, 2.05) is 43.3 Å². The van der Waals surface area contributed by atoms with E-state index in [1.165, 1.54) is 11.3 Å². The number of benzene rings is 2. The monoisotopic (exact) mass is 390 g/mol. The maximum Gasteiger partial charge on any atom is 0.226 e. The summed E-state index contributed by atoms with van der Waals surface area (Å²) in [5.41, 5.74) is 3.96. The highest BCUT2D eigenvalue weighted by atomic mass is 32.1. The molecule has 2 aromatic carbocycles. The number of amides is 1. The van der Waals surface area contributed by atoms with Crippen LogP contribution >= 0.6 is 11.3 Å². The lowest BCUT2D eigenvalue weighted by molar-refractivity contribution is -0.116. The Balaban J connectivity index is 1.66. The summed E-state index contributed by atoms with van der Waals surface area (Å²) in [7, 11) is 1.65. The van der Waals surface area contributed by atoms with Crippen LogP contribution in [0.3, 0.4) is 0 Å². The third kappa shape index (κ3) is 2.66. The Labute approximate surface area is 165 Å². The Morgan fingerprint density at radius 2 is 2.04 bits per heavy atom. The number of nitrogens with one attached hydrogen (secondary N) is 1. The lowest BCUT2D eigenvalue weighted by atomic mass is 9.86. The van der Waals surface area contributed by atoms with Crippen LogP contribution in [0.1, 0.15) is 29.2 Å². The van der Waals surface area contributed by atoms with Gasteiger partial charge in [-0.2, -0.15) is 9.78 Å². The largest absolute Gasteiger partial charge is 0.497 e. The molecule has 7 heteroatoms. The van der Waals surface area contributed by atoms with Crippen LogP contribution in [-0.4, -0.2) is 27.8 Å². The molecule has 140 valence electrons. The van der Waals surface area contributed by atoms with Gasteiger partial charge in [0.2, 0.25) is 11.0 Å². The molecule has 3 heterocycles. The molecule has 0 aliphatic carbocycles. The van der Waals surface area contributed by atoms with Crippen molar-refractivity contribution in [2.75, 3.05) is 12.4 Å². The van der Waals surface area contributed by atoms with Crippen molar-refractivity contribution in [3.63, 3.8) is 0 Å². The summed E-state index contributed by atoms with van der Waals surface area (Å²) in [6.45, 7) is 1.99. The number of rotatable bonds is 3. The summed E-state index contributed by atoms with van der Waals surface area (Å²) in [5.74, 6) is 1.49. The van der Waals surface area contributed by atoms with E-state index in [0.29, 0.717) is 12.2 Å². The molecular weight excluding hydrogens is 372 g/mol. The van der Waals surface area contributed by atoms with Gasteiger partial charge in [0.1, 0.15) is 11.6 Å². The summed E-state index contributed by atoms with van der Waals surface area (Å²) < 4.78 is 8.08. The van der Waals surface area contributed by atoms with Gasteiger partial charge in [-0.25, -0.2) is 4.98 Å². The fraction of sp³-hybridized carbons (Fsp3) is 0.190. The molecule has 1 aliphatic rings. The van der Waals surface area contributed by atoms with E-state index in [9.17, 15) is 4.79 Å². The lowest BCUT2D eigenvalue weighted by Gasteiger charge is -2.24. The summed E-state index contributed by atoms with van der Waals surface area (Å²) in [5, 5.41) is 8.47. The van der Waals surface area contributed by atoms with Crippen molar-refractivity contribution < 1.29 is 9.53 Å². The van der Waals surface area contributed by atoms with Crippen molar-refractivity contribution in [3.8, 4) is 10.9 Å². The van der Waals surface area contributed by atoms with Crippen LogP contribution in [-0.2, 0) is 4.79 Å². The van der Waals surface area contributed by atoms with E-state index in [2.05, 4.69) is 17.4 Å². The van der Waals surface area contributed by atoms with Crippen molar-refractivity contribution in [3.05, 3.63) is 65.4 Å². The first-order valence-electron chi connectivity index (χ1n) is 9.03. The Bertz CT molecular complexity index is 1200. The fourth-order valence-corrected chi connectivity index (χ4v) is 4.72. The second-order valence-electron chi connectivity index (χ2n) is 6.81. The number of anilines is 1. The number of carbonyl (C=O) groups is 1. The molecule has 1 atom stereocenters. The average molecular weight is 390 g/mol. The molecular formula is C21H18N4O2S. The van der Waals surface area contributed by atoms with Crippen LogP contribution < -0.4 is 10.1 Å². The number of aryl methyl sites for hydroxylation is 1. The van der Waals surface area contributed by atoms with E-state index in [4.69, 9.17) is 14.8 Å². The molecule has 0 fully saturated rings. The number of carbonyl (C=O) groups excluding carboxylic acids is 1. The van der Waals surface area contributed by atoms with Gasteiger partial charge >= 0.3 is 0 Å². The van der Waals surface area contributed by atoms with Crippen LogP contribution in [0.5, 0.6) is 5.75 Å². The number of thiazole rings is 1. The molecule has 4 aromatic rings. The Kier molecular flexibility index (Phi) is 3.91. The zero-order valence-corrected chi connectivity index (χ0v) is 16.3. The van der Waals surface area contributed by atoms with Crippen molar-refractivity contribution in [1.29, 1.82) is 0 Å². The number of ether oxygens (including phenoxy) is 1. The molecule has 0 saturated heterocycles. The van der Waals surface area contributed by atoms with Crippen LogP contribution in [0, 0.1) is 6.92 Å². The number of nitrogens with zero attached hydrogens (tertiary/aromatic N) is 3. The fourth-order valence-electron chi connectivity index (χ4n) is 3.77. The van der Waals surface area contributed by atoms with Gasteiger partial charge in [-0.1, -0.05) is 41.7 Å². The third-order valence-corrected chi connectivity index (χ3v) is 6.06. The molecule has 0 spiro atoms. The van der Waals surface area contributed by atoms with Crippen LogP contribution in [0.4, 0.5) is 5.82 Å². The molecule has 5 rings (SSSR count). The van der Waals surface area contributed by atoms with Gasteiger partial charge in [0.15, 0.2) is 0 Å². The summed E-state index contributed by atoms with van der Waals surface area (Å²) >= 11 is 1.52. The topological polar surface area (TPSA) is 69.0 Å². The lowest BCUT2D eigenvalue weighted by Crippen LogP contribution is -2.24. The molecule has 0 radical (unpaired) electrons. The molecule has 1 amide bonds. The summed E-state index contributed by atoms with van der Waals surface area (Å²) in [6, 6.07) is 15.9. The highest BCUT2D eigenvalue weighted by Crippen LogP contribution is 2.41. The average Bonchev–Trinajstić information content (AvgIpc) is 3.28. The van der Waals surface area contributed by atoms with Crippen molar-refractivity contribution in [2.24, 2.45) is 0 Å². The Morgan fingerprint density at radius 1 is 1.21 bits per heavy atom. The first-order valence-corrected chi connectivity index (χ1v) is 9.85. The number of aromatic nitrogens is 3. The van der Waals surface area contributed by atoms with E-state index in [1.54, 1.807) is 11.8 Å². The van der Waals surface area contributed by atoms with Crippen molar-refractivity contribution in [2.45, 2.75) is 19.3 Å². The van der Waals surface area contributed by atoms with Gasteiger partial charge in [0, 0.05) is 17.9 Å². The molecule has 28 heavy (non-hydrogen) atoms. The minimum atomic E-state index is -0.00900. The van der Waals surface area contributed by atoms with E-state index in [0.717, 1.165) is 37.9 Å². The summed E-state index contributed by atoms with van der Waals surface area (Å²) in [4.78, 5) is 17.2. The van der Waals surface area contributed by atoms with Crippen molar-refractivity contribution in [1.82, 2.24) is 14.8 Å². The standard InChI is InChI=1S/C21H18N4O2S/c1-12-19-15(13-6-4-3-5-7-13)11-18(26)23-20(19)25(24-12)21-22-16-9-8-14(27-2)10-17(16)28-21/h3-10,15H,11H2,1-2H3,(H,23,26)/t15-/m0/s1. The molecule has 1 aliphatic heterocycles. The first-order chi connectivity index (χ1) is 13.6. The van der Waals surface area contributed by atoms with Crippen LogP contribution in [0.15, 0.2) is 48.5 Å². The predicted molar refractivity (Wildman–Crippen MR) is 110 cm³/mol. The van der Waals surface area contributed by atoms with Crippen molar-refractivity contribution >= 4 is 33.3 Å². The highest BCUT2D eigenvalue weighted by molar-refractivity contribution is 7.20. The molecule has 0 bridgehead atoms. The minimum Gasteiger partial charge on any atom is -0.497 e. The van der Waals surface area contributed by atoms with Crippen LogP contribution in [0.25, 0.3) is 15.3 Å². The SMILES string of the molecule is COc1ccc2nc(-n3nc(C)c4c3NC(=O)C[C@H]4c3ccccc3)sc2c1. The molecule has 0 unspecified atom stereocenters. The zero-order valence-electron chi connectivity index (χ0n) is 15.5. The maximum atomic E-state index is 12.5. The summed E-state index contributed by atoms with van der Waals surface area (Å²) in [6.07, 6.45) is 0.417. The molecule has 2 aromatic heterocycles. The second-order valence-corrected chi connectivity index (χ2v) is 7.81. The van der Waals surface area contributed by atoms with Gasteiger partial charge in [0.25, 0.3) is 0 Å². The Hall–Kier alpha value is -3.19. The molecule has 1 N–H and O–H groups in total. The van der Waals surface area contributed by atoms with Gasteiger partial charge in [-0.15, -0.1) is 0 Å². The number of hydrogen-bond donors (Lipinski definition) is 1. The first kappa shape index (κ1) is 16.9. The second kappa shape index (κ2) is 6.45. The zero-order chi connectivity index (χ0) is 19.3. The number of methoxy groups -OCH3 is 1. The van der Waals surface area contributed by atoms with Gasteiger partial charge in [0.05, 0.1) is 23.0 Å². The van der Waals surface area contributed by atoms with Gasteiger partial charge < -0.3 is 10.1 Å². The van der Waals surface area contributed by atoms with Crippen LogP contribution in [0.2, 0.25) is 0 Å².